The molecule has 1 aliphatic heterocycles. The minimum atomic E-state index is -2.93. The van der Waals surface area contributed by atoms with E-state index in [2.05, 4.69) is 27.3 Å². The molecule has 0 spiro atoms. The van der Waals surface area contributed by atoms with E-state index in [9.17, 15) is 22.6 Å². The molecule has 2 amide bonds. The van der Waals surface area contributed by atoms with Gasteiger partial charge in [-0.05, 0) is 50.1 Å². The summed E-state index contributed by atoms with van der Waals surface area (Å²) in [6, 6.07) is 3.67. The molecule has 0 unspecified atom stereocenters. The number of benzene rings is 1. The van der Waals surface area contributed by atoms with Crippen LogP contribution in [-0.4, -0.2) is 49.6 Å². The average Bonchev–Trinajstić information content (AvgIpc) is 3.23. The average molecular weight is 524 g/mol. The number of rotatable bonds is 8. The summed E-state index contributed by atoms with van der Waals surface area (Å²) in [7, 11) is -0.963. The SMILES string of the molecule is C=C/C(C)=C(\N=C/C)n1nc(C(F)F)cc1C(=O)Nc1c(C)cc(Cl)cc1C(=O)NC1CS(=O)C1. The fourth-order valence-corrected chi connectivity index (χ4v) is 4.62. The monoisotopic (exact) mass is 523 g/mol. The van der Waals surface area contributed by atoms with Gasteiger partial charge in [0.25, 0.3) is 18.2 Å². The predicted molar refractivity (Wildman–Crippen MR) is 134 cm³/mol. The highest BCUT2D eigenvalue weighted by Gasteiger charge is 2.29. The quantitative estimate of drug-likeness (QED) is 0.396. The van der Waals surface area contributed by atoms with Gasteiger partial charge in [-0.2, -0.15) is 5.10 Å². The van der Waals surface area contributed by atoms with Crippen molar-refractivity contribution in [2.45, 2.75) is 33.2 Å². The van der Waals surface area contributed by atoms with E-state index < -0.39 is 34.7 Å². The number of alkyl halides is 2. The zero-order valence-corrected chi connectivity index (χ0v) is 20.8. The van der Waals surface area contributed by atoms with E-state index >= 15 is 0 Å². The first kappa shape index (κ1) is 26.4. The summed E-state index contributed by atoms with van der Waals surface area (Å²) < 4.78 is 39.3. The lowest BCUT2D eigenvalue weighted by molar-refractivity contribution is 0.0943. The molecule has 0 radical (unpaired) electrons. The second kappa shape index (κ2) is 11.0. The van der Waals surface area contributed by atoms with Crippen molar-refractivity contribution in [1.82, 2.24) is 15.1 Å². The van der Waals surface area contributed by atoms with Crippen LogP contribution in [0, 0.1) is 6.92 Å². The van der Waals surface area contributed by atoms with Crippen molar-refractivity contribution in [1.29, 1.82) is 0 Å². The number of allylic oxidation sites excluding steroid dienone is 2. The molecule has 12 heteroatoms. The second-order valence-electron chi connectivity index (χ2n) is 7.81. The summed E-state index contributed by atoms with van der Waals surface area (Å²) in [5.74, 6) is -0.456. The number of halogens is 3. The van der Waals surface area contributed by atoms with Crippen LogP contribution in [0.2, 0.25) is 5.02 Å². The smallest absolute Gasteiger partial charge is 0.282 e. The molecule has 8 nitrogen and oxygen atoms in total. The zero-order valence-electron chi connectivity index (χ0n) is 19.3. The van der Waals surface area contributed by atoms with Gasteiger partial charge in [0.05, 0.1) is 17.3 Å². The van der Waals surface area contributed by atoms with Crippen molar-refractivity contribution in [2.24, 2.45) is 4.99 Å². The first-order valence-electron chi connectivity index (χ1n) is 10.5. The summed E-state index contributed by atoms with van der Waals surface area (Å²) >= 11 is 6.15. The largest absolute Gasteiger partial charge is 0.347 e. The van der Waals surface area contributed by atoms with Gasteiger partial charge in [0.1, 0.15) is 11.4 Å². The van der Waals surface area contributed by atoms with E-state index in [-0.39, 0.29) is 33.8 Å². The molecule has 186 valence electrons. The van der Waals surface area contributed by atoms with Gasteiger partial charge in [0.2, 0.25) is 0 Å². The van der Waals surface area contributed by atoms with E-state index in [4.69, 9.17) is 11.6 Å². The van der Waals surface area contributed by atoms with Crippen LogP contribution in [0.5, 0.6) is 0 Å². The van der Waals surface area contributed by atoms with E-state index in [1.807, 2.05) is 0 Å². The number of hydrogen-bond donors (Lipinski definition) is 2. The minimum absolute atomic E-state index is 0.0887. The third kappa shape index (κ3) is 5.91. The summed E-state index contributed by atoms with van der Waals surface area (Å²) in [5.41, 5.74) is 0.413. The Hall–Kier alpha value is -3.18. The molecule has 1 aromatic heterocycles. The molecule has 0 atom stereocenters. The molecule has 0 saturated carbocycles. The third-order valence-electron chi connectivity index (χ3n) is 5.19. The highest BCUT2D eigenvalue weighted by Crippen LogP contribution is 2.28. The highest BCUT2D eigenvalue weighted by molar-refractivity contribution is 7.86. The van der Waals surface area contributed by atoms with Crippen molar-refractivity contribution in [2.75, 3.05) is 16.8 Å². The molecule has 1 aromatic carbocycles. The van der Waals surface area contributed by atoms with E-state index in [0.29, 0.717) is 22.6 Å². The Balaban J connectivity index is 2.03. The molecule has 1 fully saturated rings. The molecule has 1 aliphatic rings. The summed E-state index contributed by atoms with van der Waals surface area (Å²) in [4.78, 5) is 30.4. The van der Waals surface area contributed by atoms with Crippen LogP contribution in [0.3, 0.4) is 0 Å². The summed E-state index contributed by atoms with van der Waals surface area (Å²) in [6.07, 6.45) is -0.0228. The third-order valence-corrected chi connectivity index (χ3v) is 6.95. The fourth-order valence-electron chi connectivity index (χ4n) is 3.38. The Morgan fingerprint density at radius 2 is 2.00 bits per heavy atom. The van der Waals surface area contributed by atoms with Crippen molar-refractivity contribution >= 4 is 51.9 Å². The number of carbonyl (C=O) groups excluding carboxylic acids is 2. The molecule has 2 aromatic rings. The molecular weight excluding hydrogens is 500 g/mol. The van der Waals surface area contributed by atoms with E-state index in [1.165, 1.54) is 18.4 Å². The number of aryl methyl sites for hydroxylation is 1. The molecule has 0 aliphatic carbocycles. The predicted octanol–water partition coefficient (Wildman–Crippen LogP) is 4.36. The Bertz CT molecular complexity index is 1260. The van der Waals surface area contributed by atoms with Gasteiger partial charge >= 0.3 is 0 Å². The van der Waals surface area contributed by atoms with Gasteiger partial charge < -0.3 is 10.6 Å². The van der Waals surface area contributed by atoms with Gasteiger partial charge in [0.15, 0.2) is 5.82 Å². The van der Waals surface area contributed by atoms with Gasteiger partial charge in [-0.15, -0.1) is 0 Å². The Morgan fingerprint density at radius 1 is 1.31 bits per heavy atom. The topological polar surface area (TPSA) is 105 Å². The maximum absolute atomic E-state index is 13.5. The number of hydrogen-bond acceptors (Lipinski definition) is 5. The fraction of sp³-hybridized carbons (Fsp3) is 0.304. The second-order valence-corrected chi connectivity index (χ2v) is 9.79. The van der Waals surface area contributed by atoms with E-state index in [0.717, 1.165) is 10.7 Å². The van der Waals surface area contributed by atoms with Crippen LogP contribution in [0.1, 0.15) is 52.4 Å². The molecule has 35 heavy (non-hydrogen) atoms. The molecule has 2 heterocycles. The van der Waals surface area contributed by atoms with Crippen molar-refractivity contribution in [3.8, 4) is 0 Å². The summed E-state index contributed by atoms with van der Waals surface area (Å²) in [5, 5.41) is 9.56. The van der Waals surface area contributed by atoms with Gasteiger partial charge in [-0.1, -0.05) is 24.3 Å². The number of carbonyl (C=O) groups is 2. The van der Waals surface area contributed by atoms with Gasteiger partial charge in [0, 0.05) is 33.5 Å². The van der Waals surface area contributed by atoms with Crippen molar-refractivity contribution < 1.29 is 22.6 Å². The molecular formula is C23H24ClF2N5O3S. The number of nitrogens with zero attached hydrogens (tertiary/aromatic N) is 3. The lowest BCUT2D eigenvalue weighted by Gasteiger charge is -2.26. The first-order valence-corrected chi connectivity index (χ1v) is 12.4. The number of aliphatic imine (C=N–C) groups is 1. The number of aromatic nitrogens is 2. The van der Waals surface area contributed by atoms with Crippen molar-refractivity contribution in [3.63, 3.8) is 0 Å². The van der Waals surface area contributed by atoms with E-state index in [1.54, 1.807) is 26.8 Å². The van der Waals surface area contributed by atoms with Gasteiger partial charge in [-0.25, -0.2) is 18.5 Å². The highest BCUT2D eigenvalue weighted by atomic mass is 35.5. The minimum Gasteiger partial charge on any atom is -0.347 e. The zero-order chi connectivity index (χ0) is 25.9. The normalized spacial score (nSPS) is 18.3. The van der Waals surface area contributed by atoms with Crippen LogP contribution < -0.4 is 10.6 Å². The van der Waals surface area contributed by atoms with Crippen LogP contribution >= 0.6 is 11.6 Å². The number of anilines is 1. The van der Waals surface area contributed by atoms with Gasteiger partial charge in [-0.3, -0.25) is 13.8 Å². The number of amides is 2. The lowest BCUT2D eigenvalue weighted by atomic mass is 10.1. The Kier molecular flexibility index (Phi) is 8.34. The molecule has 3 rings (SSSR count). The van der Waals surface area contributed by atoms with Crippen LogP contribution in [0.4, 0.5) is 14.5 Å². The van der Waals surface area contributed by atoms with Crippen LogP contribution in [-0.2, 0) is 10.8 Å². The maximum atomic E-state index is 13.5. The van der Waals surface area contributed by atoms with Crippen molar-refractivity contribution in [3.05, 3.63) is 64.0 Å². The van der Waals surface area contributed by atoms with Crippen LogP contribution in [0.25, 0.3) is 5.82 Å². The standard InChI is InChI=1S/C23H24ClF2N5O3S/c1-5-12(3)21(27-6-2)31-18(9-17(30-31)20(25)26)23(33)29-19-13(4)7-14(24)8-16(19)22(32)28-15-10-35(34)11-15/h5-9,15,20H,1,10-11H2,2-4H3,(H,28,32)(H,29,33)/b21-12+,27-6-. The Labute approximate surface area is 208 Å². The Morgan fingerprint density at radius 3 is 2.57 bits per heavy atom. The number of nitrogens with one attached hydrogen (secondary N) is 2. The summed E-state index contributed by atoms with van der Waals surface area (Å²) in [6.45, 7) is 8.60. The molecule has 0 bridgehead atoms. The lowest BCUT2D eigenvalue weighted by Crippen LogP contribution is -2.50. The maximum Gasteiger partial charge on any atom is 0.282 e. The van der Waals surface area contributed by atoms with Crippen LogP contribution in [0.15, 0.2) is 41.4 Å². The first-order chi connectivity index (χ1) is 16.5. The molecule has 2 N–H and O–H groups in total. The molecule has 1 saturated heterocycles.